The Balaban J connectivity index is 1.37. The van der Waals surface area contributed by atoms with E-state index in [1.54, 1.807) is 0 Å². The minimum absolute atomic E-state index is 0.0671. The zero-order chi connectivity index (χ0) is 22.8. The number of hydrogen-bond donors (Lipinski definition) is 1. The molecule has 0 bridgehead atoms. The van der Waals surface area contributed by atoms with Crippen LogP contribution in [0.1, 0.15) is 89.3 Å². The molecule has 2 saturated heterocycles. The molecule has 2 amide bonds. The number of piperidine rings is 1. The lowest BCUT2D eigenvalue weighted by Gasteiger charge is -2.47. The van der Waals surface area contributed by atoms with E-state index < -0.39 is 0 Å². The van der Waals surface area contributed by atoms with Crippen molar-refractivity contribution in [1.29, 1.82) is 0 Å². The monoisotopic (exact) mass is 439 g/mol. The first-order chi connectivity index (χ1) is 15.3. The molecule has 1 N–H and O–H groups in total. The lowest BCUT2D eigenvalue weighted by molar-refractivity contribution is -0.128. The van der Waals surface area contributed by atoms with Crippen LogP contribution >= 0.6 is 0 Å². The van der Waals surface area contributed by atoms with Crippen LogP contribution in [-0.2, 0) is 15.0 Å². The van der Waals surface area contributed by atoms with Gasteiger partial charge in [0.15, 0.2) is 0 Å². The Hall–Kier alpha value is -1.88. The third kappa shape index (κ3) is 5.36. The molecule has 5 nitrogen and oxygen atoms in total. The van der Waals surface area contributed by atoms with Crippen LogP contribution in [0.2, 0.25) is 0 Å². The summed E-state index contributed by atoms with van der Waals surface area (Å²) in [5, 5.41) is 3.29. The van der Waals surface area contributed by atoms with Crippen LogP contribution < -0.4 is 5.32 Å². The van der Waals surface area contributed by atoms with Crippen LogP contribution in [0.5, 0.6) is 0 Å². The van der Waals surface area contributed by atoms with E-state index in [0.717, 1.165) is 25.8 Å². The van der Waals surface area contributed by atoms with Gasteiger partial charge >= 0.3 is 0 Å². The van der Waals surface area contributed by atoms with E-state index in [9.17, 15) is 9.59 Å². The molecule has 2 fully saturated rings. The van der Waals surface area contributed by atoms with Gasteiger partial charge in [-0.3, -0.25) is 9.59 Å². The van der Waals surface area contributed by atoms with Crippen LogP contribution in [0.15, 0.2) is 24.3 Å². The van der Waals surface area contributed by atoms with Gasteiger partial charge in [-0.25, -0.2) is 0 Å². The third-order valence-corrected chi connectivity index (χ3v) is 7.93. The minimum Gasteiger partial charge on any atom is -0.349 e. The molecule has 0 radical (unpaired) electrons. The van der Waals surface area contributed by atoms with Gasteiger partial charge < -0.3 is 15.1 Å². The number of nitrogens with one attached hydrogen (secondary N) is 1. The zero-order valence-electron chi connectivity index (χ0n) is 20.3. The SMILES string of the molecule is CC(C)(C)CCN1CCC2(CC[C@H](NC(=O)CCN3CCCC3=O)c3ccccc32)CC1. The molecule has 0 aromatic heterocycles. The minimum atomic E-state index is 0.0671. The van der Waals surface area contributed by atoms with Gasteiger partial charge in [0.2, 0.25) is 11.8 Å². The summed E-state index contributed by atoms with van der Waals surface area (Å²) in [6.45, 7) is 11.9. The second-order valence-corrected chi connectivity index (χ2v) is 11.4. The maximum Gasteiger partial charge on any atom is 0.222 e. The molecule has 0 saturated carbocycles. The Bertz CT molecular complexity index is 820. The predicted octanol–water partition coefficient (Wildman–Crippen LogP) is 4.42. The first-order valence-electron chi connectivity index (χ1n) is 12.6. The van der Waals surface area contributed by atoms with Crippen molar-refractivity contribution in [1.82, 2.24) is 15.1 Å². The molecular formula is C27H41N3O2. The number of fused-ring (bicyclic) bond motifs is 2. The molecule has 1 aliphatic carbocycles. The second kappa shape index (κ2) is 9.54. The smallest absolute Gasteiger partial charge is 0.222 e. The maximum absolute atomic E-state index is 12.7. The lowest BCUT2D eigenvalue weighted by atomic mass is 9.63. The molecular weight excluding hydrogens is 398 g/mol. The molecule has 2 aliphatic heterocycles. The first-order valence-corrected chi connectivity index (χ1v) is 12.6. The Morgan fingerprint density at radius 3 is 2.53 bits per heavy atom. The number of rotatable bonds is 6. The quantitative estimate of drug-likeness (QED) is 0.714. The summed E-state index contributed by atoms with van der Waals surface area (Å²) in [5.41, 5.74) is 3.42. The van der Waals surface area contributed by atoms with Gasteiger partial charge in [0, 0.05) is 25.9 Å². The van der Waals surface area contributed by atoms with Crippen LogP contribution in [0.3, 0.4) is 0 Å². The van der Waals surface area contributed by atoms with Crippen molar-refractivity contribution in [3.8, 4) is 0 Å². The molecule has 2 heterocycles. The van der Waals surface area contributed by atoms with E-state index in [4.69, 9.17) is 0 Å². The van der Waals surface area contributed by atoms with Gasteiger partial charge in [-0.2, -0.15) is 0 Å². The third-order valence-electron chi connectivity index (χ3n) is 7.93. The number of nitrogens with zero attached hydrogens (tertiary/aromatic N) is 2. The lowest BCUT2D eigenvalue weighted by Crippen LogP contribution is -2.47. The Morgan fingerprint density at radius 2 is 1.84 bits per heavy atom. The molecule has 1 spiro atoms. The molecule has 0 unspecified atom stereocenters. The average Bonchev–Trinajstić information content (AvgIpc) is 3.18. The fraction of sp³-hybridized carbons (Fsp3) is 0.704. The summed E-state index contributed by atoms with van der Waals surface area (Å²) in [6, 6.07) is 8.89. The van der Waals surface area contributed by atoms with Gasteiger partial charge in [-0.1, -0.05) is 45.0 Å². The molecule has 176 valence electrons. The van der Waals surface area contributed by atoms with Gasteiger partial charge in [-0.05, 0) is 80.1 Å². The summed E-state index contributed by atoms with van der Waals surface area (Å²) in [4.78, 5) is 29.0. The summed E-state index contributed by atoms with van der Waals surface area (Å²) in [6.07, 6.45) is 7.78. The summed E-state index contributed by atoms with van der Waals surface area (Å²) in [5.74, 6) is 0.258. The van der Waals surface area contributed by atoms with Crippen molar-refractivity contribution < 1.29 is 9.59 Å². The number of carbonyl (C=O) groups is 2. The van der Waals surface area contributed by atoms with Crippen LogP contribution in [-0.4, -0.2) is 54.3 Å². The van der Waals surface area contributed by atoms with E-state index in [1.807, 2.05) is 4.90 Å². The number of amides is 2. The number of likely N-dealkylation sites (tertiary alicyclic amines) is 2. The van der Waals surface area contributed by atoms with Gasteiger partial charge in [-0.15, -0.1) is 0 Å². The highest BCUT2D eigenvalue weighted by molar-refractivity contribution is 5.80. The molecule has 5 heteroatoms. The topological polar surface area (TPSA) is 52.7 Å². The highest BCUT2D eigenvalue weighted by atomic mass is 16.2. The number of hydrogen-bond acceptors (Lipinski definition) is 3. The van der Waals surface area contributed by atoms with Crippen molar-refractivity contribution >= 4 is 11.8 Å². The van der Waals surface area contributed by atoms with E-state index in [1.165, 1.54) is 50.0 Å². The fourth-order valence-electron chi connectivity index (χ4n) is 5.81. The van der Waals surface area contributed by atoms with E-state index in [2.05, 4.69) is 55.3 Å². The van der Waals surface area contributed by atoms with Crippen molar-refractivity contribution in [3.05, 3.63) is 35.4 Å². The summed E-state index contributed by atoms with van der Waals surface area (Å²) >= 11 is 0. The van der Waals surface area contributed by atoms with Gasteiger partial charge in [0.1, 0.15) is 0 Å². The van der Waals surface area contributed by atoms with E-state index in [-0.39, 0.29) is 23.3 Å². The zero-order valence-corrected chi connectivity index (χ0v) is 20.3. The number of carbonyl (C=O) groups excluding carboxylic acids is 2. The summed E-state index contributed by atoms with van der Waals surface area (Å²) in [7, 11) is 0. The largest absolute Gasteiger partial charge is 0.349 e. The number of benzene rings is 1. The van der Waals surface area contributed by atoms with Crippen LogP contribution in [0.4, 0.5) is 0 Å². The summed E-state index contributed by atoms with van der Waals surface area (Å²) < 4.78 is 0. The Labute approximate surface area is 193 Å². The van der Waals surface area contributed by atoms with Crippen molar-refractivity contribution in [2.75, 3.05) is 32.7 Å². The van der Waals surface area contributed by atoms with Gasteiger partial charge in [0.05, 0.1) is 6.04 Å². The van der Waals surface area contributed by atoms with Crippen molar-refractivity contribution in [2.45, 2.75) is 83.6 Å². The highest BCUT2D eigenvalue weighted by Gasteiger charge is 2.42. The average molecular weight is 440 g/mol. The molecule has 1 aromatic carbocycles. The molecule has 32 heavy (non-hydrogen) atoms. The predicted molar refractivity (Wildman–Crippen MR) is 128 cm³/mol. The molecule has 3 aliphatic rings. The van der Waals surface area contributed by atoms with Crippen LogP contribution in [0, 0.1) is 5.41 Å². The Kier molecular flexibility index (Phi) is 6.94. The standard InChI is InChI=1S/C27H41N3O2/c1-26(2,3)13-18-29-19-14-27(15-20-29)12-10-23(21-7-4-5-8-22(21)27)28-24(31)11-17-30-16-6-9-25(30)32/h4-5,7-8,23H,6,9-20H2,1-3H3,(H,28,31)/t23-/m0/s1. The van der Waals surface area contributed by atoms with Crippen molar-refractivity contribution in [2.24, 2.45) is 5.41 Å². The fourth-order valence-corrected chi connectivity index (χ4v) is 5.81. The molecule has 4 rings (SSSR count). The van der Waals surface area contributed by atoms with Gasteiger partial charge in [0.25, 0.3) is 0 Å². The molecule has 1 aromatic rings. The van der Waals surface area contributed by atoms with E-state index >= 15 is 0 Å². The first kappa shape index (κ1) is 23.3. The highest BCUT2D eigenvalue weighted by Crippen LogP contribution is 2.48. The molecule has 1 atom stereocenters. The van der Waals surface area contributed by atoms with Crippen molar-refractivity contribution in [3.63, 3.8) is 0 Å². The normalized spacial score (nSPS) is 23.4. The van der Waals surface area contributed by atoms with E-state index in [0.29, 0.717) is 24.8 Å². The maximum atomic E-state index is 12.7. The Morgan fingerprint density at radius 1 is 1.09 bits per heavy atom. The van der Waals surface area contributed by atoms with Crippen LogP contribution in [0.25, 0.3) is 0 Å². The second-order valence-electron chi connectivity index (χ2n) is 11.4.